The molecule has 0 unspecified atom stereocenters. The van der Waals surface area contributed by atoms with Crippen molar-refractivity contribution in [3.05, 3.63) is 69.2 Å². The predicted molar refractivity (Wildman–Crippen MR) is 117 cm³/mol. The zero-order chi connectivity index (χ0) is 21.2. The Morgan fingerprint density at radius 2 is 1.86 bits per heavy atom. The summed E-state index contributed by atoms with van der Waals surface area (Å²) in [6, 6.07) is 14.3. The second-order valence-corrected chi connectivity index (χ2v) is 11.1. The summed E-state index contributed by atoms with van der Waals surface area (Å²) in [6.07, 6.45) is 0.562. The maximum absolute atomic E-state index is 13.0. The van der Waals surface area contributed by atoms with Gasteiger partial charge in [-0.15, -0.1) is 0 Å². The molecule has 8 heteroatoms. The minimum Gasteiger partial charge on any atom is -0.336 e. The van der Waals surface area contributed by atoms with Crippen molar-refractivity contribution < 1.29 is 18.0 Å². The van der Waals surface area contributed by atoms with E-state index in [9.17, 15) is 18.0 Å². The number of aryl methyl sites for hydroxylation is 1. The van der Waals surface area contributed by atoms with Crippen LogP contribution in [-0.4, -0.2) is 48.6 Å². The number of benzene rings is 2. The van der Waals surface area contributed by atoms with Crippen molar-refractivity contribution in [2.45, 2.75) is 24.5 Å². The number of halogens is 2. The van der Waals surface area contributed by atoms with Crippen LogP contribution >= 0.6 is 27.5 Å². The summed E-state index contributed by atoms with van der Waals surface area (Å²) in [5, 5.41) is 0.391. The lowest BCUT2D eigenvalue weighted by atomic mass is 9.97. The molecule has 1 atom stereocenters. The zero-order valence-electron chi connectivity index (χ0n) is 15.9. The highest BCUT2D eigenvalue weighted by atomic mass is 79.9. The van der Waals surface area contributed by atoms with E-state index in [1.54, 1.807) is 12.1 Å². The molecule has 29 heavy (non-hydrogen) atoms. The average molecular weight is 499 g/mol. The molecule has 154 valence electrons. The Labute approximate surface area is 184 Å². The molecule has 1 heterocycles. The number of hydrogen-bond acceptors (Lipinski definition) is 4. The Morgan fingerprint density at radius 1 is 1.17 bits per heavy atom. The minimum atomic E-state index is -3.67. The third kappa shape index (κ3) is 4.57. The Kier molecular flexibility index (Phi) is 6.51. The SMILES string of the molecule is C[C@@]1(C(=O)CCc2ccccc2)CN(C(=O)c2ccc(Br)c(Cl)c2)CCS1(=O)=O. The van der Waals surface area contributed by atoms with Crippen LogP contribution in [0.3, 0.4) is 0 Å². The molecule has 0 bridgehead atoms. The molecule has 0 aromatic heterocycles. The predicted octanol–water partition coefficient (Wildman–Crippen LogP) is 3.93. The van der Waals surface area contributed by atoms with E-state index in [1.807, 2.05) is 30.3 Å². The summed E-state index contributed by atoms with van der Waals surface area (Å²) in [5.41, 5.74) is 1.33. The van der Waals surface area contributed by atoms with E-state index in [2.05, 4.69) is 15.9 Å². The monoisotopic (exact) mass is 497 g/mol. The minimum absolute atomic E-state index is 0.0520. The van der Waals surface area contributed by atoms with Gasteiger partial charge in [-0.2, -0.15) is 0 Å². The number of rotatable bonds is 5. The quantitative estimate of drug-likeness (QED) is 0.626. The number of nitrogens with zero attached hydrogens (tertiary/aromatic N) is 1. The molecule has 3 rings (SSSR count). The molecule has 1 fully saturated rings. The molecule has 1 amide bonds. The third-order valence-electron chi connectivity index (χ3n) is 5.34. The third-order valence-corrected chi connectivity index (χ3v) is 9.02. The highest BCUT2D eigenvalue weighted by Crippen LogP contribution is 2.30. The van der Waals surface area contributed by atoms with Crippen LogP contribution in [0.2, 0.25) is 5.02 Å². The molecule has 1 aliphatic rings. The van der Waals surface area contributed by atoms with Gasteiger partial charge in [0, 0.05) is 29.5 Å². The molecule has 0 spiro atoms. The molecule has 0 aliphatic carbocycles. The number of sulfone groups is 1. The molecule has 2 aromatic carbocycles. The first-order valence-corrected chi connectivity index (χ1v) is 12.0. The van der Waals surface area contributed by atoms with Crippen molar-refractivity contribution in [3.8, 4) is 0 Å². The van der Waals surface area contributed by atoms with Crippen LogP contribution < -0.4 is 0 Å². The number of amides is 1. The van der Waals surface area contributed by atoms with Gasteiger partial charge in [-0.05, 0) is 53.0 Å². The number of carbonyl (C=O) groups is 2. The highest BCUT2D eigenvalue weighted by Gasteiger charge is 2.50. The maximum Gasteiger partial charge on any atom is 0.253 e. The molecule has 1 saturated heterocycles. The first kappa shape index (κ1) is 22.0. The van der Waals surface area contributed by atoms with Crippen LogP contribution in [0.1, 0.15) is 29.3 Å². The van der Waals surface area contributed by atoms with Crippen LogP contribution in [0.15, 0.2) is 53.0 Å². The molecule has 0 saturated carbocycles. The van der Waals surface area contributed by atoms with E-state index in [0.29, 0.717) is 21.5 Å². The molecule has 5 nitrogen and oxygen atoms in total. The number of ketones is 1. The largest absolute Gasteiger partial charge is 0.336 e. The van der Waals surface area contributed by atoms with Gasteiger partial charge in [-0.25, -0.2) is 8.42 Å². The lowest BCUT2D eigenvalue weighted by molar-refractivity contribution is -0.121. The fourth-order valence-corrected chi connectivity index (χ4v) is 5.55. The first-order valence-electron chi connectivity index (χ1n) is 9.18. The highest BCUT2D eigenvalue weighted by molar-refractivity contribution is 9.10. The molecular formula is C21H21BrClNO4S. The normalized spacial score (nSPS) is 21.0. The van der Waals surface area contributed by atoms with Gasteiger partial charge >= 0.3 is 0 Å². The van der Waals surface area contributed by atoms with E-state index >= 15 is 0 Å². The molecule has 0 N–H and O–H groups in total. The van der Waals surface area contributed by atoms with Gasteiger partial charge in [0.1, 0.15) is 4.75 Å². The number of Topliss-reactive ketones (excluding diaryl/α,β-unsaturated/α-hetero) is 1. The summed E-state index contributed by atoms with van der Waals surface area (Å²) >= 11 is 9.36. The van der Waals surface area contributed by atoms with Crippen LogP contribution in [0.4, 0.5) is 0 Å². The van der Waals surface area contributed by atoms with Crippen LogP contribution in [0, 0.1) is 0 Å². The van der Waals surface area contributed by atoms with E-state index in [-0.39, 0.29) is 37.0 Å². The van der Waals surface area contributed by atoms with Gasteiger partial charge < -0.3 is 4.90 Å². The summed E-state index contributed by atoms with van der Waals surface area (Å²) in [5.74, 6) is -0.944. The second kappa shape index (κ2) is 8.58. The standard InChI is InChI=1S/C21H21BrClNO4S/c1-21(19(25)10-7-15-5-3-2-4-6-15)14-24(11-12-29(21,27)28)20(26)16-8-9-17(22)18(23)13-16/h2-6,8-9,13H,7,10-12,14H2,1H3/t21-/m0/s1. The van der Waals surface area contributed by atoms with Crippen molar-refractivity contribution in [1.29, 1.82) is 0 Å². The van der Waals surface area contributed by atoms with Crippen molar-refractivity contribution >= 4 is 49.1 Å². The van der Waals surface area contributed by atoms with Crippen LogP contribution in [0.5, 0.6) is 0 Å². The van der Waals surface area contributed by atoms with Crippen molar-refractivity contribution in [1.82, 2.24) is 4.90 Å². The van der Waals surface area contributed by atoms with E-state index in [4.69, 9.17) is 11.6 Å². The first-order chi connectivity index (χ1) is 13.6. The maximum atomic E-state index is 13.0. The number of hydrogen-bond donors (Lipinski definition) is 0. The van der Waals surface area contributed by atoms with Gasteiger partial charge in [0.25, 0.3) is 5.91 Å². The molecule has 2 aromatic rings. The molecule has 1 aliphatic heterocycles. The summed E-state index contributed by atoms with van der Waals surface area (Å²) in [6.45, 7) is 1.33. The van der Waals surface area contributed by atoms with E-state index in [0.717, 1.165) is 5.56 Å². The van der Waals surface area contributed by atoms with Crippen molar-refractivity contribution in [2.75, 3.05) is 18.8 Å². The second-order valence-electron chi connectivity index (χ2n) is 7.31. The van der Waals surface area contributed by atoms with Gasteiger partial charge in [-0.3, -0.25) is 9.59 Å². The molecular weight excluding hydrogens is 478 g/mol. The van der Waals surface area contributed by atoms with E-state index < -0.39 is 14.6 Å². The van der Waals surface area contributed by atoms with Crippen molar-refractivity contribution in [3.63, 3.8) is 0 Å². The fraction of sp³-hybridized carbons (Fsp3) is 0.333. The molecule has 0 radical (unpaired) electrons. The van der Waals surface area contributed by atoms with E-state index in [1.165, 1.54) is 17.9 Å². The van der Waals surface area contributed by atoms with Gasteiger partial charge in [-0.1, -0.05) is 41.9 Å². The summed E-state index contributed by atoms with van der Waals surface area (Å²) in [4.78, 5) is 27.3. The van der Waals surface area contributed by atoms with Gasteiger partial charge in [0.15, 0.2) is 15.6 Å². The lowest BCUT2D eigenvalue weighted by Gasteiger charge is -2.39. The lowest BCUT2D eigenvalue weighted by Crippen LogP contribution is -2.60. The fourth-order valence-electron chi connectivity index (χ4n) is 3.41. The Hall–Kier alpha value is -1.70. The Morgan fingerprint density at radius 3 is 2.52 bits per heavy atom. The number of carbonyl (C=O) groups excluding carboxylic acids is 2. The summed E-state index contributed by atoms with van der Waals surface area (Å²) in [7, 11) is -3.67. The summed E-state index contributed by atoms with van der Waals surface area (Å²) < 4.78 is 24.6. The van der Waals surface area contributed by atoms with Crippen molar-refractivity contribution in [2.24, 2.45) is 0 Å². The van der Waals surface area contributed by atoms with Crippen LogP contribution in [-0.2, 0) is 21.1 Å². The average Bonchev–Trinajstić information content (AvgIpc) is 2.70. The van der Waals surface area contributed by atoms with Crippen LogP contribution in [0.25, 0.3) is 0 Å². The zero-order valence-corrected chi connectivity index (χ0v) is 19.1. The smallest absolute Gasteiger partial charge is 0.253 e. The Bertz CT molecular complexity index is 1040. The topological polar surface area (TPSA) is 71.5 Å². The Balaban J connectivity index is 1.79. The van der Waals surface area contributed by atoms with Gasteiger partial charge in [0.2, 0.25) is 0 Å². The van der Waals surface area contributed by atoms with Gasteiger partial charge in [0.05, 0.1) is 10.8 Å².